The van der Waals surface area contributed by atoms with E-state index in [1.165, 1.54) is 34.6 Å². The number of hydrogen-bond donors (Lipinski definition) is 0. The van der Waals surface area contributed by atoms with Crippen LogP contribution in [0.15, 0.2) is 42.5 Å². The van der Waals surface area contributed by atoms with Gasteiger partial charge in [0.15, 0.2) is 0 Å². The lowest BCUT2D eigenvalue weighted by Crippen LogP contribution is -2.03. The zero-order valence-electron chi connectivity index (χ0n) is 17.7. The lowest BCUT2D eigenvalue weighted by atomic mass is 9.94. The van der Waals surface area contributed by atoms with Crippen molar-refractivity contribution >= 4 is 21.5 Å². The summed E-state index contributed by atoms with van der Waals surface area (Å²) in [6.07, 6.45) is 7.86. The predicted octanol–water partition coefficient (Wildman–Crippen LogP) is 7.69. The van der Waals surface area contributed by atoms with Gasteiger partial charge in [-0.1, -0.05) is 82.5 Å². The zero-order chi connectivity index (χ0) is 19.8. The summed E-state index contributed by atoms with van der Waals surface area (Å²) in [7, 11) is 0. The molecule has 0 N–H and O–H groups in total. The molecular formula is C26H34O2. The van der Waals surface area contributed by atoms with Crippen LogP contribution in [0.25, 0.3) is 21.5 Å². The third kappa shape index (κ3) is 4.43. The van der Waals surface area contributed by atoms with E-state index in [1.54, 1.807) is 0 Å². The Labute approximate surface area is 169 Å². The van der Waals surface area contributed by atoms with Gasteiger partial charge in [-0.15, -0.1) is 0 Å². The minimum Gasteiger partial charge on any atom is -0.492 e. The normalized spacial score (nSPS) is 11.2. The molecule has 0 aliphatic heterocycles. The minimum atomic E-state index is 0.755. The maximum absolute atomic E-state index is 6.42. The molecule has 0 unspecified atom stereocenters. The number of aryl methyl sites for hydroxylation is 1. The maximum Gasteiger partial charge on any atom is 0.135 e. The summed E-state index contributed by atoms with van der Waals surface area (Å²) in [5.74, 6) is 2.05. The van der Waals surface area contributed by atoms with Crippen LogP contribution in [-0.2, 0) is 6.42 Å². The molecule has 3 rings (SSSR count). The van der Waals surface area contributed by atoms with Crippen molar-refractivity contribution in [2.24, 2.45) is 0 Å². The van der Waals surface area contributed by atoms with Gasteiger partial charge in [0.25, 0.3) is 0 Å². The van der Waals surface area contributed by atoms with Gasteiger partial charge in [0.1, 0.15) is 11.5 Å². The highest BCUT2D eigenvalue weighted by molar-refractivity contribution is 6.12. The van der Waals surface area contributed by atoms with Crippen LogP contribution >= 0.6 is 0 Å². The Bertz CT molecular complexity index is 898. The standard InChI is InChI=1S/C26H34O2/c1-4-7-13-20-14-12-17-23-24(20)26(28-19-9-6-3)22-16-11-10-15-21(22)25(23)27-18-8-5-2/h10-12,14-17H,4-9,13,18-19H2,1-3H3. The number of hydrogen-bond acceptors (Lipinski definition) is 2. The van der Waals surface area contributed by atoms with Gasteiger partial charge in [0.05, 0.1) is 13.2 Å². The third-order valence-electron chi connectivity index (χ3n) is 5.33. The molecule has 2 heteroatoms. The summed E-state index contributed by atoms with van der Waals surface area (Å²) in [6, 6.07) is 15.2. The van der Waals surface area contributed by atoms with Crippen molar-refractivity contribution in [3.05, 3.63) is 48.0 Å². The Morgan fingerprint density at radius 2 is 1.18 bits per heavy atom. The lowest BCUT2D eigenvalue weighted by molar-refractivity contribution is 0.311. The molecule has 150 valence electrons. The Hall–Kier alpha value is -2.22. The summed E-state index contributed by atoms with van der Waals surface area (Å²) >= 11 is 0. The van der Waals surface area contributed by atoms with Crippen molar-refractivity contribution in [3.8, 4) is 11.5 Å². The van der Waals surface area contributed by atoms with Crippen LogP contribution in [0.3, 0.4) is 0 Å². The van der Waals surface area contributed by atoms with Crippen LogP contribution in [0, 0.1) is 0 Å². The Morgan fingerprint density at radius 3 is 1.82 bits per heavy atom. The van der Waals surface area contributed by atoms with E-state index in [4.69, 9.17) is 9.47 Å². The van der Waals surface area contributed by atoms with E-state index in [-0.39, 0.29) is 0 Å². The average molecular weight is 379 g/mol. The first-order valence-electron chi connectivity index (χ1n) is 11.0. The Morgan fingerprint density at radius 1 is 0.607 bits per heavy atom. The number of ether oxygens (including phenoxy) is 2. The molecule has 28 heavy (non-hydrogen) atoms. The molecule has 3 aromatic carbocycles. The summed E-state index contributed by atoms with van der Waals surface area (Å²) < 4.78 is 12.8. The molecule has 0 spiro atoms. The summed E-state index contributed by atoms with van der Waals surface area (Å²) in [5, 5.41) is 4.76. The molecule has 0 aliphatic rings. The van der Waals surface area contributed by atoms with E-state index in [9.17, 15) is 0 Å². The number of fused-ring (bicyclic) bond motifs is 2. The first-order chi connectivity index (χ1) is 13.8. The average Bonchev–Trinajstić information content (AvgIpc) is 2.73. The number of unbranched alkanes of at least 4 members (excludes halogenated alkanes) is 3. The molecule has 0 aliphatic carbocycles. The molecule has 2 nitrogen and oxygen atoms in total. The molecule has 0 radical (unpaired) electrons. The molecule has 0 bridgehead atoms. The van der Waals surface area contributed by atoms with Gasteiger partial charge in [0, 0.05) is 21.5 Å². The second kappa shape index (κ2) is 10.4. The van der Waals surface area contributed by atoms with Crippen LogP contribution in [0.1, 0.15) is 64.9 Å². The zero-order valence-corrected chi connectivity index (χ0v) is 17.7. The van der Waals surface area contributed by atoms with Gasteiger partial charge in [0.2, 0.25) is 0 Å². The first-order valence-corrected chi connectivity index (χ1v) is 11.0. The molecule has 0 amide bonds. The molecule has 0 heterocycles. The van der Waals surface area contributed by atoms with Gasteiger partial charge in [-0.05, 0) is 31.2 Å². The highest BCUT2D eigenvalue weighted by Gasteiger charge is 2.18. The van der Waals surface area contributed by atoms with E-state index in [2.05, 4.69) is 63.2 Å². The third-order valence-corrected chi connectivity index (χ3v) is 5.33. The number of rotatable bonds is 11. The van der Waals surface area contributed by atoms with E-state index < -0.39 is 0 Å². The van der Waals surface area contributed by atoms with Crippen LogP contribution < -0.4 is 9.47 Å². The second-order valence-electron chi connectivity index (χ2n) is 7.55. The van der Waals surface area contributed by atoms with Crippen LogP contribution in [-0.4, -0.2) is 13.2 Å². The fourth-order valence-electron chi connectivity index (χ4n) is 3.73. The van der Waals surface area contributed by atoms with Crippen LogP contribution in [0.5, 0.6) is 11.5 Å². The second-order valence-corrected chi connectivity index (χ2v) is 7.55. The topological polar surface area (TPSA) is 18.5 Å². The quantitative estimate of drug-likeness (QED) is 0.251. The van der Waals surface area contributed by atoms with Gasteiger partial charge in [-0.25, -0.2) is 0 Å². The summed E-state index contributed by atoms with van der Waals surface area (Å²) in [6.45, 7) is 8.17. The fraction of sp³-hybridized carbons (Fsp3) is 0.462. The lowest BCUT2D eigenvalue weighted by Gasteiger charge is -2.20. The van der Waals surface area contributed by atoms with Crippen molar-refractivity contribution < 1.29 is 9.47 Å². The highest BCUT2D eigenvalue weighted by atomic mass is 16.5. The van der Waals surface area contributed by atoms with Crippen molar-refractivity contribution in [2.75, 3.05) is 13.2 Å². The molecule has 0 aromatic heterocycles. The molecule has 0 fully saturated rings. The molecular weight excluding hydrogens is 344 g/mol. The van der Waals surface area contributed by atoms with Crippen molar-refractivity contribution in [2.45, 2.75) is 65.7 Å². The first kappa shape index (κ1) is 20.5. The van der Waals surface area contributed by atoms with E-state index >= 15 is 0 Å². The highest BCUT2D eigenvalue weighted by Crippen LogP contribution is 2.44. The molecule has 0 saturated heterocycles. The van der Waals surface area contributed by atoms with Crippen LogP contribution in [0.2, 0.25) is 0 Å². The van der Waals surface area contributed by atoms with Crippen molar-refractivity contribution in [3.63, 3.8) is 0 Å². The Balaban J connectivity index is 2.24. The number of benzene rings is 3. The summed E-state index contributed by atoms with van der Waals surface area (Å²) in [4.78, 5) is 0. The van der Waals surface area contributed by atoms with Gasteiger partial charge >= 0.3 is 0 Å². The smallest absolute Gasteiger partial charge is 0.135 e. The van der Waals surface area contributed by atoms with E-state index in [1.807, 2.05) is 0 Å². The van der Waals surface area contributed by atoms with E-state index in [0.29, 0.717) is 0 Å². The van der Waals surface area contributed by atoms with Gasteiger partial charge in [-0.2, -0.15) is 0 Å². The molecule has 0 atom stereocenters. The summed E-state index contributed by atoms with van der Waals surface area (Å²) in [5.41, 5.74) is 1.37. The SMILES string of the molecule is CCCCOc1c2ccccc2c(OCCCC)c2c(CCCC)cccc12. The van der Waals surface area contributed by atoms with E-state index in [0.717, 1.165) is 62.2 Å². The fourth-order valence-corrected chi connectivity index (χ4v) is 3.73. The Kier molecular flexibility index (Phi) is 7.59. The molecule has 0 saturated carbocycles. The molecule has 3 aromatic rings. The minimum absolute atomic E-state index is 0.755. The van der Waals surface area contributed by atoms with Crippen molar-refractivity contribution in [1.82, 2.24) is 0 Å². The predicted molar refractivity (Wildman–Crippen MR) is 121 cm³/mol. The van der Waals surface area contributed by atoms with Crippen molar-refractivity contribution in [1.29, 1.82) is 0 Å². The van der Waals surface area contributed by atoms with Crippen LogP contribution in [0.4, 0.5) is 0 Å². The van der Waals surface area contributed by atoms with Gasteiger partial charge < -0.3 is 9.47 Å². The maximum atomic E-state index is 6.42. The largest absolute Gasteiger partial charge is 0.492 e. The monoisotopic (exact) mass is 378 g/mol. The van der Waals surface area contributed by atoms with Gasteiger partial charge in [-0.3, -0.25) is 0 Å².